The Hall–Kier alpha value is -0.520. The Morgan fingerprint density at radius 3 is 0.538 bits per heavy atom. The summed E-state index contributed by atoms with van der Waals surface area (Å²) in [6.07, 6.45) is 31.6. The van der Waals surface area contributed by atoms with E-state index in [0.29, 0.717) is 81.2 Å². The zero-order valence-electron chi connectivity index (χ0n) is 51.1. The van der Waals surface area contributed by atoms with E-state index >= 15 is 0 Å². The molecule has 0 unspecified atom stereocenters. The molecule has 0 bridgehead atoms. The van der Waals surface area contributed by atoms with Gasteiger partial charge in [0.05, 0.1) is 0 Å². The van der Waals surface area contributed by atoms with E-state index in [1.165, 1.54) is 103 Å². The van der Waals surface area contributed by atoms with E-state index in [1.807, 2.05) is 0 Å². The summed E-state index contributed by atoms with van der Waals surface area (Å²) in [6.45, 7) is 72.1. The van der Waals surface area contributed by atoms with Gasteiger partial charge >= 0.3 is 0 Å². The Balaban J connectivity index is 0.000000407. The van der Waals surface area contributed by atoms with Crippen molar-refractivity contribution in [2.75, 3.05) is 0 Å². The summed E-state index contributed by atoms with van der Waals surface area (Å²) in [7, 11) is 0. The first kappa shape index (κ1) is 62.5. The van der Waals surface area contributed by atoms with Crippen molar-refractivity contribution in [2.45, 2.75) is 310 Å². The fourth-order valence-electron chi connectivity index (χ4n) is 16.5. The maximum atomic E-state index is 2.43. The van der Waals surface area contributed by atoms with E-state index in [-0.39, 0.29) is 0 Å². The minimum absolute atomic E-state index is 0.398. The van der Waals surface area contributed by atoms with Gasteiger partial charge in [-0.15, -0.1) is 0 Å². The number of hydrogen-bond acceptors (Lipinski definition) is 0. The average molecular weight is 908 g/mol. The molecule has 0 nitrogen and oxygen atoms in total. The van der Waals surface area contributed by atoms with E-state index in [0.717, 1.165) is 0 Å². The molecule has 3 saturated carbocycles. The SMILES string of the molecule is CC(C)(C)C1(C(C)(C)C)CC1.CC(C)(C)C1(C(C)(C)C)CC=CC1.CC(C)(C)C1(C(C)(C)C)CC=CCC1.CC(C)(C)C1(C(C)(C)C)CCCC1.CC(C)(C)C1(C(C)(C)C)CCCCC1. The highest BCUT2D eigenvalue weighted by Crippen LogP contribution is 2.68. The highest BCUT2D eigenvalue weighted by molar-refractivity contribution is 5.12. The van der Waals surface area contributed by atoms with Gasteiger partial charge in [0.1, 0.15) is 0 Å². The van der Waals surface area contributed by atoms with Crippen molar-refractivity contribution in [1.29, 1.82) is 0 Å². The lowest BCUT2D eigenvalue weighted by atomic mass is 9.49. The van der Waals surface area contributed by atoms with E-state index < -0.39 is 0 Å². The molecule has 5 aliphatic carbocycles. The van der Waals surface area contributed by atoms with Gasteiger partial charge in [-0.05, 0) is 152 Å². The fraction of sp³-hybridized carbons (Fsp3) is 0.938. The van der Waals surface area contributed by atoms with Crippen LogP contribution in [0.15, 0.2) is 24.3 Å². The minimum atomic E-state index is 0.398. The molecule has 0 heterocycles. The molecule has 0 aromatic rings. The second-order valence-electron chi connectivity index (χ2n) is 33.3. The maximum absolute atomic E-state index is 2.43. The summed E-state index contributed by atoms with van der Waals surface area (Å²) in [6, 6.07) is 0. The Morgan fingerprint density at radius 1 is 0.200 bits per heavy atom. The van der Waals surface area contributed by atoms with Gasteiger partial charge in [0, 0.05) is 0 Å². The van der Waals surface area contributed by atoms with Crippen LogP contribution in [0.25, 0.3) is 0 Å². The lowest BCUT2D eigenvalue weighted by Crippen LogP contribution is -2.47. The smallest absolute Gasteiger partial charge is 0.0131 e. The van der Waals surface area contributed by atoms with Crippen molar-refractivity contribution < 1.29 is 0 Å². The van der Waals surface area contributed by atoms with Gasteiger partial charge < -0.3 is 0 Å². The molecule has 5 aliphatic rings. The first-order valence-electron chi connectivity index (χ1n) is 27.8. The van der Waals surface area contributed by atoms with Crippen molar-refractivity contribution in [2.24, 2.45) is 81.2 Å². The van der Waals surface area contributed by atoms with Crippen LogP contribution in [0.3, 0.4) is 0 Å². The van der Waals surface area contributed by atoms with Crippen LogP contribution >= 0.6 is 0 Å². The van der Waals surface area contributed by atoms with E-state index in [1.54, 1.807) is 0 Å². The summed E-state index contributed by atoms with van der Waals surface area (Å²) in [5.74, 6) is 0. The molecular weight excluding hydrogens is 781 g/mol. The van der Waals surface area contributed by atoms with E-state index in [9.17, 15) is 0 Å². The van der Waals surface area contributed by atoms with Crippen molar-refractivity contribution in [3.05, 3.63) is 24.3 Å². The van der Waals surface area contributed by atoms with Gasteiger partial charge in [0.15, 0.2) is 0 Å². The Bertz CT molecular complexity index is 1350. The molecule has 0 radical (unpaired) electrons. The normalized spacial score (nSPS) is 23.0. The van der Waals surface area contributed by atoms with Crippen LogP contribution < -0.4 is 0 Å². The van der Waals surface area contributed by atoms with Gasteiger partial charge in [0.25, 0.3) is 0 Å². The topological polar surface area (TPSA) is 0 Å². The molecule has 0 aromatic heterocycles. The molecule has 0 aromatic carbocycles. The van der Waals surface area contributed by atoms with Crippen LogP contribution in [-0.4, -0.2) is 0 Å². The second-order valence-corrected chi connectivity index (χ2v) is 33.3. The highest BCUT2D eigenvalue weighted by atomic mass is 14.6. The molecule has 386 valence electrons. The van der Waals surface area contributed by atoms with Gasteiger partial charge in [-0.2, -0.15) is 0 Å². The first-order chi connectivity index (χ1) is 28.5. The molecule has 3 fully saturated rings. The monoisotopic (exact) mass is 907 g/mol. The van der Waals surface area contributed by atoms with Gasteiger partial charge in [-0.3, -0.25) is 0 Å². The number of rotatable bonds is 0. The number of hydrogen-bond donors (Lipinski definition) is 0. The Labute approximate surface area is 414 Å². The predicted octanol–water partition coefficient (Wildman–Crippen LogP) is 22.7. The Morgan fingerprint density at radius 2 is 0.400 bits per heavy atom. The summed E-state index contributed by atoms with van der Waals surface area (Å²) in [5, 5.41) is 0. The van der Waals surface area contributed by atoms with E-state index in [2.05, 4.69) is 232 Å². The van der Waals surface area contributed by atoms with Crippen molar-refractivity contribution in [3.8, 4) is 0 Å². The van der Waals surface area contributed by atoms with E-state index in [4.69, 9.17) is 0 Å². The zero-order valence-corrected chi connectivity index (χ0v) is 51.1. The van der Waals surface area contributed by atoms with Gasteiger partial charge in [-0.25, -0.2) is 0 Å². The molecule has 0 amide bonds. The molecule has 0 atom stereocenters. The minimum Gasteiger partial charge on any atom is -0.0885 e. The molecular formula is C65H126. The van der Waals surface area contributed by atoms with Crippen LogP contribution in [0.5, 0.6) is 0 Å². The third-order valence-electron chi connectivity index (χ3n) is 20.7. The first-order valence-corrected chi connectivity index (χ1v) is 27.8. The van der Waals surface area contributed by atoms with Crippen LogP contribution in [0.4, 0.5) is 0 Å². The molecule has 0 spiro atoms. The molecule has 0 aliphatic heterocycles. The standard InChI is InChI=1S/C14H28.C14H26.C13H26.C13H24.C11H22/c2*1-12(2,3)14(13(4,5)6)10-8-7-9-11-14;2*1-11(2,3)13(12(4,5)6)9-7-8-10-13;1-9(2,3)11(7-8-11)10(4,5)6/h7-11H2,1-6H3;7-8H,9-11H2,1-6H3;7-10H2,1-6H3;7-8H,9-10H2,1-6H3;7-8H2,1-6H3. The van der Waals surface area contributed by atoms with Crippen molar-refractivity contribution >= 4 is 0 Å². The lowest BCUT2D eigenvalue weighted by molar-refractivity contribution is -0.0638. The van der Waals surface area contributed by atoms with Crippen LogP contribution in [0.1, 0.15) is 310 Å². The summed E-state index contributed by atoms with van der Waals surface area (Å²) < 4.78 is 0. The largest absolute Gasteiger partial charge is 0.0885 e. The molecule has 0 N–H and O–H groups in total. The zero-order chi connectivity index (χ0) is 51.6. The number of allylic oxidation sites excluding steroid dienone is 4. The highest BCUT2D eigenvalue weighted by Gasteiger charge is 2.59. The quantitative estimate of drug-likeness (QED) is 0.213. The summed E-state index contributed by atoms with van der Waals surface area (Å²) in [5.41, 5.74) is 7.07. The van der Waals surface area contributed by atoms with Crippen molar-refractivity contribution in [3.63, 3.8) is 0 Å². The third kappa shape index (κ3) is 13.7. The van der Waals surface area contributed by atoms with Crippen LogP contribution in [0, 0.1) is 81.2 Å². The van der Waals surface area contributed by atoms with Gasteiger partial charge in [0.2, 0.25) is 0 Å². The lowest BCUT2D eigenvalue weighted by Gasteiger charge is -2.56. The Kier molecular flexibility index (Phi) is 19.9. The average Bonchev–Trinajstić information content (AvgIpc) is 3.50. The predicted molar refractivity (Wildman–Crippen MR) is 299 cm³/mol. The fourth-order valence-corrected chi connectivity index (χ4v) is 16.5. The molecule has 65 heavy (non-hydrogen) atoms. The summed E-state index contributed by atoms with van der Waals surface area (Å²) >= 11 is 0. The van der Waals surface area contributed by atoms with Crippen LogP contribution in [0.2, 0.25) is 0 Å². The molecule has 5 rings (SSSR count). The van der Waals surface area contributed by atoms with Gasteiger partial charge in [-0.1, -0.05) is 264 Å². The second kappa shape index (κ2) is 20.7. The molecule has 0 heteroatoms. The summed E-state index contributed by atoms with van der Waals surface area (Å²) in [4.78, 5) is 0. The maximum Gasteiger partial charge on any atom is -0.0131 e. The third-order valence-corrected chi connectivity index (χ3v) is 20.7. The van der Waals surface area contributed by atoms with Crippen molar-refractivity contribution in [1.82, 2.24) is 0 Å². The van der Waals surface area contributed by atoms with Crippen LogP contribution in [-0.2, 0) is 0 Å². The molecule has 0 saturated heterocycles.